The number of carbonyl (C=O) groups is 3. The molecule has 1 aromatic heterocycles. The lowest BCUT2D eigenvalue weighted by Gasteiger charge is -2.28. The standard InChI is InChI=1S/C19H30N4O4/c1-12-15(13(2)21-16(12)14(3)24)17(25)23-9-6-7-19(27,8-10-23)11-20-18(26)22(4)5/h21,27H,6-11H2,1-5H3,(H,20,26)/t19-/m1/s1. The van der Waals surface area contributed by atoms with Crippen molar-refractivity contribution in [1.29, 1.82) is 0 Å². The largest absolute Gasteiger partial charge is 0.388 e. The summed E-state index contributed by atoms with van der Waals surface area (Å²) in [5.41, 5.74) is 1.32. The van der Waals surface area contributed by atoms with E-state index in [0.29, 0.717) is 54.9 Å². The van der Waals surface area contributed by atoms with Crippen LogP contribution in [-0.4, -0.2) is 76.9 Å². The molecule has 0 spiro atoms. The molecule has 150 valence electrons. The van der Waals surface area contributed by atoms with E-state index in [4.69, 9.17) is 0 Å². The molecular weight excluding hydrogens is 348 g/mol. The maximum Gasteiger partial charge on any atom is 0.316 e. The van der Waals surface area contributed by atoms with Crippen LogP contribution >= 0.6 is 0 Å². The van der Waals surface area contributed by atoms with Crippen molar-refractivity contribution in [3.05, 3.63) is 22.5 Å². The smallest absolute Gasteiger partial charge is 0.316 e. The normalized spacial score (nSPS) is 20.1. The Labute approximate surface area is 159 Å². The van der Waals surface area contributed by atoms with Crippen molar-refractivity contribution < 1.29 is 19.5 Å². The maximum absolute atomic E-state index is 13.0. The van der Waals surface area contributed by atoms with E-state index in [0.717, 1.165) is 0 Å². The quantitative estimate of drug-likeness (QED) is 0.690. The number of rotatable bonds is 4. The van der Waals surface area contributed by atoms with Gasteiger partial charge in [0.2, 0.25) is 0 Å². The molecule has 3 amide bonds. The number of ketones is 1. The summed E-state index contributed by atoms with van der Waals surface area (Å²) in [6.45, 7) is 6.12. The number of nitrogens with one attached hydrogen (secondary N) is 2. The number of aromatic amines is 1. The average molecular weight is 378 g/mol. The molecule has 1 atom stereocenters. The van der Waals surface area contributed by atoms with Crippen LogP contribution in [0.25, 0.3) is 0 Å². The van der Waals surface area contributed by atoms with Crippen molar-refractivity contribution in [2.45, 2.75) is 45.6 Å². The molecule has 1 saturated heterocycles. The van der Waals surface area contributed by atoms with Crippen LogP contribution in [0, 0.1) is 13.8 Å². The first-order valence-corrected chi connectivity index (χ1v) is 9.22. The fourth-order valence-corrected chi connectivity index (χ4v) is 3.54. The van der Waals surface area contributed by atoms with Gasteiger partial charge in [-0.2, -0.15) is 0 Å². The van der Waals surface area contributed by atoms with Crippen LogP contribution in [0.3, 0.4) is 0 Å². The SMILES string of the molecule is CC(=O)c1[nH]c(C)c(C(=O)N2CCC[C@](O)(CNC(=O)N(C)C)CC2)c1C. The highest BCUT2D eigenvalue weighted by Gasteiger charge is 2.33. The Kier molecular flexibility index (Phi) is 6.30. The molecule has 0 radical (unpaired) electrons. The summed E-state index contributed by atoms with van der Waals surface area (Å²) in [5, 5.41) is 13.5. The van der Waals surface area contributed by atoms with Gasteiger partial charge in [0.25, 0.3) is 5.91 Å². The molecule has 3 N–H and O–H groups in total. The second kappa shape index (κ2) is 8.12. The Morgan fingerprint density at radius 1 is 1.22 bits per heavy atom. The maximum atomic E-state index is 13.0. The van der Waals surface area contributed by atoms with E-state index in [2.05, 4.69) is 10.3 Å². The second-order valence-electron chi connectivity index (χ2n) is 7.60. The number of urea groups is 1. The third-order valence-corrected chi connectivity index (χ3v) is 5.18. The highest BCUT2D eigenvalue weighted by molar-refractivity contribution is 6.02. The molecule has 1 aliphatic rings. The number of amides is 3. The van der Waals surface area contributed by atoms with E-state index in [1.165, 1.54) is 11.8 Å². The van der Waals surface area contributed by atoms with E-state index in [-0.39, 0.29) is 24.3 Å². The molecule has 8 nitrogen and oxygen atoms in total. The van der Waals surface area contributed by atoms with Crippen molar-refractivity contribution in [2.75, 3.05) is 33.7 Å². The Bertz CT molecular complexity index is 740. The van der Waals surface area contributed by atoms with Gasteiger partial charge in [-0.1, -0.05) is 0 Å². The summed E-state index contributed by atoms with van der Waals surface area (Å²) in [4.78, 5) is 42.6. The van der Waals surface area contributed by atoms with Gasteiger partial charge in [0.15, 0.2) is 5.78 Å². The Morgan fingerprint density at radius 3 is 2.44 bits per heavy atom. The average Bonchev–Trinajstić information content (AvgIpc) is 2.77. The van der Waals surface area contributed by atoms with E-state index >= 15 is 0 Å². The molecular formula is C19H30N4O4. The first kappa shape index (κ1) is 21.0. The third-order valence-electron chi connectivity index (χ3n) is 5.18. The molecule has 0 unspecified atom stereocenters. The molecule has 1 aliphatic heterocycles. The Hall–Kier alpha value is -2.35. The molecule has 2 heterocycles. The molecule has 1 fully saturated rings. The van der Waals surface area contributed by atoms with Gasteiger partial charge in [-0.05, 0) is 38.7 Å². The fraction of sp³-hybridized carbons (Fsp3) is 0.632. The van der Waals surface area contributed by atoms with E-state index in [1.54, 1.807) is 32.8 Å². The minimum Gasteiger partial charge on any atom is -0.388 e. The molecule has 1 aromatic rings. The number of hydrogen-bond donors (Lipinski definition) is 3. The van der Waals surface area contributed by atoms with Crippen LogP contribution in [0.5, 0.6) is 0 Å². The summed E-state index contributed by atoms with van der Waals surface area (Å²) in [7, 11) is 3.29. The van der Waals surface area contributed by atoms with Crippen molar-refractivity contribution in [2.24, 2.45) is 0 Å². The van der Waals surface area contributed by atoms with Crippen LogP contribution in [0.15, 0.2) is 0 Å². The zero-order valence-corrected chi connectivity index (χ0v) is 16.8. The van der Waals surface area contributed by atoms with Gasteiger partial charge < -0.3 is 25.2 Å². The summed E-state index contributed by atoms with van der Waals surface area (Å²) in [6.07, 6.45) is 1.53. The Morgan fingerprint density at radius 2 is 1.89 bits per heavy atom. The van der Waals surface area contributed by atoms with E-state index < -0.39 is 5.60 Å². The lowest BCUT2D eigenvalue weighted by Crippen LogP contribution is -2.46. The zero-order chi connectivity index (χ0) is 20.4. The van der Waals surface area contributed by atoms with E-state index in [9.17, 15) is 19.5 Å². The lowest BCUT2D eigenvalue weighted by atomic mass is 9.95. The molecule has 0 saturated carbocycles. The molecule has 27 heavy (non-hydrogen) atoms. The summed E-state index contributed by atoms with van der Waals surface area (Å²) < 4.78 is 0. The number of likely N-dealkylation sites (tertiary alicyclic amines) is 1. The lowest BCUT2D eigenvalue weighted by molar-refractivity contribution is 0.0271. The van der Waals surface area contributed by atoms with Gasteiger partial charge in [0.1, 0.15) is 0 Å². The van der Waals surface area contributed by atoms with Crippen molar-refractivity contribution in [3.8, 4) is 0 Å². The molecule has 0 aliphatic carbocycles. The van der Waals surface area contributed by atoms with Crippen molar-refractivity contribution >= 4 is 17.7 Å². The number of Topliss-reactive ketones (excluding diaryl/α,β-unsaturated/α-hetero) is 1. The van der Waals surface area contributed by atoms with Crippen molar-refractivity contribution in [3.63, 3.8) is 0 Å². The summed E-state index contributed by atoms with van der Waals surface area (Å²) >= 11 is 0. The minimum atomic E-state index is -1.03. The van der Waals surface area contributed by atoms with Gasteiger partial charge in [-0.15, -0.1) is 0 Å². The fourth-order valence-electron chi connectivity index (χ4n) is 3.54. The highest BCUT2D eigenvalue weighted by Crippen LogP contribution is 2.25. The van der Waals surface area contributed by atoms with Gasteiger partial charge >= 0.3 is 6.03 Å². The molecule has 0 bridgehead atoms. The topological polar surface area (TPSA) is 106 Å². The van der Waals surface area contributed by atoms with Crippen LogP contribution in [-0.2, 0) is 0 Å². The van der Waals surface area contributed by atoms with Gasteiger partial charge in [-0.3, -0.25) is 9.59 Å². The summed E-state index contributed by atoms with van der Waals surface area (Å²) in [5.74, 6) is -0.230. The number of carbonyl (C=O) groups excluding carboxylic acids is 3. The first-order chi connectivity index (χ1) is 12.6. The van der Waals surface area contributed by atoms with Crippen molar-refractivity contribution in [1.82, 2.24) is 20.1 Å². The van der Waals surface area contributed by atoms with Crippen LogP contribution in [0.2, 0.25) is 0 Å². The third kappa shape index (κ3) is 4.68. The van der Waals surface area contributed by atoms with E-state index in [1.807, 2.05) is 0 Å². The molecule has 8 heteroatoms. The predicted molar refractivity (Wildman–Crippen MR) is 102 cm³/mol. The second-order valence-corrected chi connectivity index (χ2v) is 7.60. The first-order valence-electron chi connectivity index (χ1n) is 9.22. The number of H-pyrrole nitrogens is 1. The van der Waals surface area contributed by atoms with Crippen LogP contribution < -0.4 is 5.32 Å². The van der Waals surface area contributed by atoms with Gasteiger partial charge in [0, 0.05) is 46.3 Å². The minimum absolute atomic E-state index is 0.100. The van der Waals surface area contributed by atoms with Gasteiger partial charge in [0.05, 0.1) is 16.9 Å². The van der Waals surface area contributed by atoms with Crippen LogP contribution in [0.4, 0.5) is 4.79 Å². The molecule has 2 rings (SSSR count). The highest BCUT2D eigenvalue weighted by atomic mass is 16.3. The number of nitrogens with zero attached hydrogens (tertiary/aromatic N) is 2. The molecule has 0 aromatic carbocycles. The Balaban J connectivity index is 2.09. The number of hydrogen-bond acceptors (Lipinski definition) is 4. The number of aryl methyl sites for hydroxylation is 1. The monoisotopic (exact) mass is 378 g/mol. The number of aromatic nitrogens is 1. The van der Waals surface area contributed by atoms with Gasteiger partial charge in [-0.25, -0.2) is 4.79 Å². The van der Waals surface area contributed by atoms with Crippen LogP contribution in [0.1, 0.15) is 58.3 Å². The summed E-state index contributed by atoms with van der Waals surface area (Å²) in [6, 6.07) is -0.254. The zero-order valence-electron chi connectivity index (χ0n) is 16.8. The predicted octanol–water partition coefficient (Wildman–Crippen LogP) is 1.46. The number of aliphatic hydroxyl groups is 1.